The Labute approximate surface area is 160 Å². The van der Waals surface area contributed by atoms with E-state index in [4.69, 9.17) is 9.47 Å². The zero-order valence-corrected chi connectivity index (χ0v) is 14.6. The molecule has 11 heteroatoms. The van der Waals surface area contributed by atoms with Gasteiger partial charge in [0.25, 0.3) is 11.8 Å². The highest BCUT2D eigenvalue weighted by Crippen LogP contribution is 2.38. The van der Waals surface area contributed by atoms with Crippen LogP contribution in [0.4, 0.5) is 26.3 Å². The van der Waals surface area contributed by atoms with Crippen molar-refractivity contribution in [2.45, 2.75) is 12.4 Å². The first kappa shape index (κ1) is 22.1. The summed E-state index contributed by atoms with van der Waals surface area (Å²) in [5, 5.41) is 1.90. The summed E-state index contributed by atoms with van der Waals surface area (Å²) in [7, 11) is 1.29. The first-order valence-electron chi connectivity index (χ1n) is 7.81. The molecule has 0 heterocycles. The lowest BCUT2D eigenvalue weighted by molar-refractivity contribution is -0.143. The molecule has 1 N–H and O–H groups in total. The molecule has 0 bridgehead atoms. The topological polar surface area (TPSA) is 64.6 Å². The maximum absolute atomic E-state index is 12.8. The van der Waals surface area contributed by atoms with Crippen molar-refractivity contribution in [3.8, 4) is 11.5 Å². The second kappa shape index (κ2) is 8.41. The number of hydrogen-bond acceptors (Lipinski definition) is 4. The lowest BCUT2D eigenvalue weighted by Crippen LogP contribution is -2.34. The standard InChI is InChI=1S/C18H13F6NO4/c1-28-14-5-3-2-4-13(14)16(27)25-15(26)9-29-12-7-10(17(19,20)21)6-11(8-12)18(22,23)24/h2-8H,9H2,1H3,(H,25,26,27). The van der Waals surface area contributed by atoms with E-state index in [0.717, 1.165) is 0 Å². The number of carbonyl (C=O) groups is 2. The zero-order chi connectivity index (χ0) is 21.8. The summed E-state index contributed by atoms with van der Waals surface area (Å²) in [6, 6.07) is 6.46. The minimum Gasteiger partial charge on any atom is -0.496 e. The summed E-state index contributed by atoms with van der Waals surface area (Å²) in [4.78, 5) is 23.9. The SMILES string of the molecule is COc1ccccc1C(=O)NC(=O)COc1cc(C(F)(F)F)cc(C(F)(F)F)c1. The third-order valence-corrected chi connectivity index (χ3v) is 3.54. The molecule has 0 atom stereocenters. The number of nitrogens with one attached hydrogen (secondary N) is 1. The Morgan fingerprint density at radius 1 is 0.931 bits per heavy atom. The summed E-state index contributed by atoms with van der Waals surface area (Å²) in [6.45, 7) is -0.987. The van der Waals surface area contributed by atoms with Crippen LogP contribution in [0, 0.1) is 0 Å². The van der Waals surface area contributed by atoms with Crippen LogP contribution in [-0.2, 0) is 17.1 Å². The molecule has 0 aliphatic rings. The van der Waals surface area contributed by atoms with Crippen molar-refractivity contribution in [1.29, 1.82) is 0 Å². The second-order valence-corrected chi connectivity index (χ2v) is 5.61. The number of ether oxygens (including phenoxy) is 2. The smallest absolute Gasteiger partial charge is 0.416 e. The molecular formula is C18H13F6NO4. The molecule has 0 aliphatic carbocycles. The fourth-order valence-corrected chi connectivity index (χ4v) is 2.22. The summed E-state index contributed by atoms with van der Waals surface area (Å²) in [5.41, 5.74) is -3.18. The molecule has 2 aromatic rings. The van der Waals surface area contributed by atoms with Gasteiger partial charge >= 0.3 is 12.4 Å². The van der Waals surface area contributed by atoms with E-state index in [2.05, 4.69) is 0 Å². The Hall–Kier alpha value is -3.24. The van der Waals surface area contributed by atoms with Gasteiger partial charge in [0.1, 0.15) is 11.5 Å². The van der Waals surface area contributed by atoms with E-state index in [9.17, 15) is 35.9 Å². The fourth-order valence-electron chi connectivity index (χ4n) is 2.22. The molecule has 2 rings (SSSR count). The van der Waals surface area contributed by atoms with E-state index in [0.29, 0.717) is 12.1 Å². The number of carbonyl (C=O) groups excluding carboxylic acids is 2. The van der Waals surface area contributed by atoms with Crippen LogP contribution in [0.15, 0.2) is 42.5 Å². The van der Waals surface area contributed by atoms with Gasteiger partial charge in [-0.25, -0.2) is 0 Å². The fraction of sp³-hybridized carbons (Fsp3) is 0.222. The molecule has 0 radical (unpaired) electrons. The average Bonchev–Trinajstić information content (AvgIpc) is 2.64. The third-order valence-electron chi connectivity index (χ3n) is 3.54. The zero-order valence-electron chi connectivity index (χ0n) is 14.6. The summed E-state index contributed by atoms with van der Waals surface area (Å²) in [5.74, 6) is -2.62. The van der Waals surface area contributed by atoms with Gasteiger partial charge in [-0.3, -0.25) is 14.9 Å². The van der Waals surface area contributed by atoms with Crippen LogP contribution in [0.3, 0.4) is 0 Å². The molecule has 0 aliphatic heterocycles. The first-order chi connectivity index (χ1) is 13.4. The number of imide groups is 1. The monoisotopic (exact) mass is 421 g/mol. The quantitative estimate of drug-likeness (QED) is 0.740. The van der Waals surface area contributed by atoms with Crippen LogP contribution in [-0.4, -0.2) is 25.5 Å². The highest BCUT2D eigenvalue weighted by molar-refractivity contribution is 6.06. The van der Waals surface area contributed by atoms with Crippen molar-refractivity contribution in [1.82, 2.24) is 5.32 Å². The van der Waals surface area contributed by atoms with Gasteiger partial charge in [-0.05, 0) is 30.3 Å². The van der Waals surface area contributed by atoms with Crippen LogP contribution in [0.5, 0.6) is 11.5 Å². The molecule has 156 valence electrons. The van der Waals surface area contributed by atoms with Crippen LogP contribution >= 0.6 is 0 Å². The van der Waals surface area contributed by atoms with E-state index in [1.54, 1.807) is 6.07 Å². The number of rotatable bonds is 5. The Balaban J connectivity index is 2.12. The molecule has 0 aromatic heterocycles. The van der Waals surface area contributed by atoms with Gasteiger partial charge in [-0.15, -0.1) is 0 Å². The normalized spacial score (nSPS) is 11.7. The first-order valence-corrected chi connectivity index (χ1v) is 7.81. The molecular weight excluding hydrogens is 408 g/mol. The van der Waals surface area contributed by atoms with Crippen LogP contribution in [0.25, 0.3) is 0 Å². The van der Waals surface area contributed by atoms with Gasteiger partial charge in [-0.1, -0.05) is 12.1 Å². The van der Waals surface area contributed by atoms with Gasteiger partial charge < -0.3 is 9.47 Å². The average molecular weight is 421 g/mol. The van der Waals surface area contributed by atoms with Gasteiger partial charge in [0.2, 0.25) is 0 Å². The summed E-state index contributed by atoms with van der Waals surface area (Å²) in [6.07, 6.45) is -10.1. The Morgan fingerprint density at radius 2 is 1.48 bits per heavy atom. The maximum atomic E-state index is 12.8. The molecule has 2 amide bonds. The van der Waals surface area contributed by atoms with E-state index < -0.39 is 47.7 Å². The van der Waals surface area contributed by atoms with Crippen molar-refractivity contribution in [2.24, 2.45) is 0 Å². The third kappa shape index (κ3) is 5.87. The summed E-state index contributed by atoms with van der Waals surface area (Å²) >= 11 is 0. The number of methoxy groups -OCH3 is 1. The second-order valence-electron chi connectivity index (χ2n) is 5.61. The molecule has 5 nitrogen and oxygen atoms in total. The van der Waals surface area contributed by atoms with Crippen LogP contribution < -0.4 is 14.8 Å². The maximum Gasteiger partial charge on any atom is 0.416 e. The van der Waals surface area contributed by atoms with Crippen molar-refractivity contribution in [2.75, 3.05) is 13.7 Å². The molecule has 0 unspecified atom stereocenters. The Kier molecular flexibility index (Phi) is 6.40. The van der Waals surface area contributed by atoms with Crippen molar-refractivity contribution in [3.05, 3.63) is 59.2 Å². The Bertz CT molecular complexity index is 876. The largest absolute Gasteiger partial charge is 0.496 e. The number of para-hydroxylation sites is 1. The Morgan fingerprint density at radius 3 is 2.00 bits per heavy atom. The minimum absolute atomic E-state index is 0.00164. The van der Waals surface area contributed by atoms with Crippen LogP contribution in [0.1, 0.15) is 21.5 Å². The van der Waals surface area contributed by atoms with Gasteiger partial charge in [0.05, 0.1) is 23.8 Å². The number of amides is 2. The minimum atomic E-state index is -5.05. The summed E-state index contributed by atoms with van der Waals surface area (Å²) < 4.78 is 86.5. The molecule has 0 saturated carbocycles. The van der Waals surface area contributed by atoms with Gasteiger partial charge in [0, 0.05) is 0 Å². The molecule has 0 fully saturated rings. The lowest BCUT2D eigenvalue weighted by Gasteiger charge is -2.14. The number of halogens is 6. The molecule has 29 heavy (non-hydrogen) atoms. The molecule has 0 spiro atoms. The predicted molar refractivity (Wildman–Crippen MR) is 87.4 cm³/mol. The highest BCUT2D eigenvalue weighted by atomic mass is 19.4. The van der Waals surface area contributed by atoms with E-state index in [1.807, 2.05) is 5.32 Å². The van der Waals surface area contributed by atoms with Gasteiger partial charge in [0.15, 0.2) is 6.61 Å². The number of hydrogen-bond donors (Lipinski definition) is 1. The van der Waals surface area contributed by atoms with Crippen molar-refractivity contribution >= 4 is 11.8 Å². The predicted octanol–water partition coefficient (Wildman–Crippen LogP) is 4.07. The van der Waals surface area contributed by atoms with Crippen LogP contribution in [0.2, 0.25) is 0 Å². The number of benzene rings is 2. The van der Waals surface area contributed by atoms with E-state index in [-0.39, 0.29) is 17.4 Å². The van der Waals surface area contributed by atoms with Crippen molar-refractivity contribution in [3.63, 3.8) is 0 Å². The van der Waals surface area contributed by atoms with E-state index in [1.165, 1.54) is 25.3 Å². The molecule has 2 aromatic carbocycles. The number of alkyl halides is 6. The lowest BCUT2D eigenvalue weighted by atomic mass is 10.1. The van der Waals surface area contributed by atoms with E-state index >= 15 is 0 Å². The van der Waals surface area contributed by atoms with Gasteiger partial charge in [-0.2, -0.15) is 26.3 Å². The highest BCUT2D eigenvalue weighted by Gasteiger charge is 2.37. The van der Waals surface area contributed by atoms with Crippen molar-refractivity contribution < 1.29 is 45.4 Å². The molecule has 0 saturated heterocycles.